The molecule has 1 aromatic rings. The van der Waals surface area contributed by atoms with Crippen LogP contribution in [-0.4, -0.2) is 22.0 Å². The van der Waals surface area contributed by atoms with Crippen molar-refractivity contribution in [3.8, 4) is 0 Å². The number of carbonyl (C=O) groups excluding carboxylic acids is 1. The number of aromatic carboxylic acids is 1. The molecule has 114 valence electrons. The van der Waals surface area contributed by atoms with Gasteiger partial charge in [0.05, 0.1) is 0 Å². The Morgan fingerprint density at radius 2 is 1.90 bits per heavy atom. The van der Waals surface area contributed by atoms with Crippen molar-refractivity contribution in [3.05, 3.63) is 29.6 Å². The van der Waals surface area contributed by atoms with Crippen LogP contribution in [0.3, 0.4) is 0 Å². The van der Waals surface area contributed by atoms with Crippen LogP contribution in [-0.2, 0) is 11.3 Å². The summed E-state index contributed by atoms with van der Waals surface area (Å²) in [5.41, 5.74) is 0.831. The highest BCUT2D eigenvalue weighted by Gasteiger charge is 2.15. The summed E-state index contributed by atoms with van der Waals surface area (Å²) in [5, 5.41) is 11.7. The number of nitrogens with one attached hydrogen (secondary N) is 1. The molecule has 21 heavy (non-hydrogen) atoms. The summed E-state index contributed by atoms with van der Waals surface area (Å²) in [6.45, 7) is 0.401. The molecular formula is C16H22N2O3. The maximum absolute atomic E-state index is 11.9. The second-order valence-electron chi connectivity index (χ2n) is 5.70. The molecule has 0 spiro atoms. The Balaban J connectivity index is 1.76. The summed E-state index contributed by atoms with van der Waals surface area (Å²) in [6, 6.07) is 3.14. The topological polar surface area (TPSA) is 79.3 Å². The zero-order valence-corrected chi connectivity index (χ0v) is 12.2. The molecule has 1 aliphatic carbocycles. The standard InChI is InChI=1S/C16H22N2O3/c19-15(9-12-5-3-1-2-4-6-12)18-11-13-7-8-14(16(20)21)17-10-13/h7-8,10,12H,1-6,9,11H2,(H,18,19)(H,20,21). The van der Waals surface area contributed by atoms with Crippen LogP contribution in [0.5, 0.6) is 0 Å². The van der Waals surface area contributed by atoms with Gasteiger partial charge in [0.1, 0.15) is 5.69 Å². The van der Waals surface area contributed by atoms with Gasteiger partial charge in [-0.3, -0.25) is 4.79 Å². The lowest BCUT2D eigenvalue weighted by atomic mass is 9.96. The van der Waals surface area contributed by atoms with Crippen LogP contribution < -0.4 is 5.32 Å². The highest BCUT2D eigenvalue weighted by Crippen LogP contribution is 2.25. The molecule has 0 saturated heterocycles. The van der Waals surface area contributed by atoms with Crippen molar-refractivity contribution < 1.29 is 14.7 Å². The molecule has 2 N–H and O–H groups in total. The lowest BCUT2D eigenvalue weighted by Gasteiger charge is -2.13. The number of carboxylic acid groups (broad SMARTS) is 1. The van der Waals surface area contributed by atoms with Gasteiger partial charge >= 0.3 is 5.97 Å². The maximum atomic E-state index is 11.9. The SMILES string of the molecule is O=C(CC1CCCCCC1)NCc1ccc(C(=O)O)nc1. The monoisotopic (exact) mass is 290 g/mol. The molecule has 1 aromatic heterocycles. The van der Waals surface area contributed by atoms with Crippen LogP contribution in [0.25, 0.3) is 0 Å². The third-order valence-electron chi connectivity index (χ3n) is 3.98. The fraction of sp³-hybridized carbons (Fsp3) is 0.562. The molecule has 1 saturated carbocycles. The molecule has 0 radical (unpaired) electrons. The van der Waals surface area contributed by atoms with E-state index in [0.717, 1.165) is 18.4 Å². The Bertz CT molecular complexity index is 477. The van der Waals surface area contributed by atoms with Crippen molar-refractivity contribution in [3.63, 3.8) is 0 Å². The summed E-state index contributed by atoms with van der Waals surface area (Å²) < 4.78 is 0. The van der Waals surface area contributed by atoms with Gasteiger partial charge in [-0.05, 0) is 30.4 Å². The third-order valence-corrected chi connectivity index (χ3v) is 3.98. The van der Waals surface area contributed by atoms with E-state index >= 15 is 0 Å². The van der Waals surface area contributed by atoms with Crippen LogP contribution in [0.15, 0.2) is 18.3 Å². The van der Waals surface area contributed by atoms with Crippen LogP contribution >= 0.6 is 0 Å². The van der Waals surface area contributed by atoms with Gasteiger partial charge < -0.3 is 10.4 Å². The summed E-state index contributed by atoms with van der Waals surface area (Å²) in [4.78, 5) is 26.5. The summed E-state index contributed by atoms with van der Waals surface area (Å²) in [7, 11) is 0. The number of amides is 1. The summed E-state index contributed by atoms with van der Waals surface area (Å²) >= 11 is 0. The molecule has 1 aliphatic rings. The minimum atomic E-state index is -1.04. The van der Waals surface area contributed by atoms with Gasteiger partial charge in [0.25, 0.3) is 0 Å². The highest BCUT2D eigenvalue weighted by molar-refractivity contribution is 5.85. The molecule has 2 rings (SSSR count). The number of carboxylic acids is 1. The lowest BCUT2D eigenvalue weighted by Crippen LogP contribution is -2.25. The molecule has 5 heteroatoms. The van der Waals surface area contributed by atoms with Crippen molar-refractivity contribution in [2.24, 2.45) is 5.92 Å². The van der Waals surface area contributed by atoms with Gasteiger partial charge in [0, 0.05) is 19.2 Å². The Morgan fingerprint density at radius 1 is 1.19 bits per heavy atom. The number of carbonyl (C=O) groups is 2. The number of rotatable bonds is 5. The van der Waals surface area contributed by atoms with E-state index in [-0.39, 0.29) is 11.6 Å². The second-order valence-corrected chi connectivity index (χ2v) is 5.70. The molecule has 5 nitrogen and oxygen atoms in total. The minimum absolute atomic E-state index is 0.0172. The van der Waals surface area contributed by atoms with Crippen molar-refractivity contribution in [1.29, 1.82) is 0 Å². The molecule has 1 fully saturated rings. The van der Waals surface area contributed by atoms with E-state index < -0.39 is 5.97 Å². The van der Waals surface area contributed by atoms with Gasteiger partial charge in [-0.1, -0.05) is 31.7 Å². The van der Waals surface area contributed by atoms with Crippen LogP contribution in [0, 0.1) is 5.92 Å². The molecule has 0 atom stereocenters. The number of hydrogen-bond donors (Lipinski definition) is 2. The first-order valence-electron chi connectivity index (χ1n) is 7.60. The predicted octanol–water partition coefficient (Wildman–Crippen LogP) is 2.76. The van der Waals surface area contributed by atoms with Crippen LogP contribution in [0.2, 0.25) is 0 Å². The van der Waals surface area contributed by atoms with E-state index in [0.29, 0.717) is 18.9 Å². The van der Waals surface area contributed by atoms with E-state index in [1.54, 1.807) is 6.07 Å². The van der Waals surface area contributed by atoms with Gasteiger partial charge in [0.15, 0.2) is 0 Å². The average Bonchev–Trinajstić information content (AvgIpc) is 2.74. The predicted molar refractivity (Wildman–Crippen MR) is 78.9 cm³/mol. The molecule has 0 unspecified atom stereocenters. The van der Waals surface area contributed by atoms with E-state index in [4.69, 9.17) is 5.11 Å². The Kier molecular flexibility index (Phi) is 5.72. The Morgan fingerprint density at radius 3 is 2.48 bits per heavy atom. The summed E-state index contributed by atoms with van der Waals surface area (Å²) in [5.74, 6) is -0.455. The van der Waals surface area contributed by atoms with Gasteiger partial charge in [-0.25, -0.2) is 9.78 Å². The lowest BCUT2D eigenvalue weighted by molar-refractivity contribution is -0.122. The number of hydrogen-bond acceptors (Lipinski definition) is 3. The molecule has 0 bridgehead atoms. The fourth-order valence-electron chi connectivity index (χ4n) is 2.76. The van der Waals surface area contributed by atoms with Crippen LogP contribution in [0.1, 0.15) is 61.0 Å². The Hall–Kier alpha value is -1.91. The minimum Gasteiger partial charge on any atom is -0.477 e. The molecule has 1 amide bonds. The first-order valence-corrected chi connectivity index (χ1v) is 7.60. The second kappa shape index (κ2) is 7.76. The summed E-state index contributed by atoms with van der Waals surface area (Å²) in [6.07, 6.45) is 9.46. The van der Waals surface area contributed by atoms with Crippen molar-refractivity contribution in [2.75, 3.05) is 0 Å². The van der Waals surface area contributed by atoms with Crippen molar-refractivity contribution >= 4 is 11.9 Å². The van der Waals surface area contributed by atoms with Gasteiger partial charge in [-0.15, -0.1) is 0 Å². The van der Waals surface area contributed by atoms with E-state index in [2.05, 4.69) is 10.3 Å². The van der Waals surface area contributed by atoms with E-state index in [1.165, 1.54) is 37.9 Å². The number of nitrogens with zero attached hydrogens (tertiary/aromatic N) is 1. The van der Waals surface area contributed by atoms with E-state index in [9.17, 15) is 9.59 Å². The zero-order chi connectivity index (χ0) is 15.1. The fourth-order valence-corrected chi connectivity index (χ4v) is 2.76. The normalized spacial score (nSPS) is 16.2. The highest BCUT2D eigenvalue weighted by atomic mass is 16.4. The largest absolute Gasteiger partial charge is 0.477 e. The Labute approximate surface area is 124 Å². The first kappa shape index (κ1) is 15.5. The average molecular weight is 290 g/mol. The molecule has 0 aromatic carbocycles. The molecular weight excluding hydrogens is 268 g/mol. The quantitative estimate of drug-likeness (QED) is 0.817. The van der Waals surface area contributed by atoms with Gasteiger partial charge in [0.2, 0.25) is 5.91 Å². The van der Waals surface area contributed by atoms with Crippen LogP contribution in [0.4, 0.5) is 0 Å². The van der Waals surface area contributed by atoms with Gasteiger partial charge in [-0.2, -0.15) is 0 Å². The van der Waals surface area contributed by atoms with Crippen molar-refractivity contribution in [2.45, 2.75) is 51.5 Å². The molecule has 1 heterocycles. The molecule has 0 aliphatic heterocycles. The van der Waals surface area contributed by atoms with E-state index in [1.807, 2.05) is 0 Å². The smallest absolute Gasteiger partial charge is 0.354 e. The first-order chi connectivity index (χ1) is 10.1. The number of pyridine rings is 1. The zero-order valence-electron chi connectivity index (χ0n) is 12.2. The number of aromatic nitrogens is 1. The maximum Gasteiger partial charge on any atom is 0.354 e. The van der Waals surface area contributed by atoms with Crippen molar-refractivity contribution in [1.82, 2.24) is 10.3 Å². The third kappa shape index (κ3) is 5.17.